The maximum Gasteiger partial charge on any atom is 0.0252 e. The summed E-state index contributed by atoms with van der Waals surface area (Å²) in [5, 5.41) is 3.65. The Balaban J connectivity index is 1.91. The van der Waals surface area contributed by atoms with Crippen molar-refractivity contribution in [1.82, 2.24) is 10.2 Å². The van der Waals surface area contributed by atoms with Crippen LogP contribution in [0.1, 0.15) is 26.2 Å². The van der Waals surface area contributed by atoms with Crippen molar-refractivity contribution in [2.75, 3.05) is 19.6 Å². The molecule has 3 heteroatoms. The average molecular weight is 229 g/mol. The topological polar surface area (TPSA) is 15.3 Å². The maximum absolute atomic E-state index is 5.61. The molecule has 0 amide bonds. The molecule has 0 aromatic heterocycles. The molecule has 0 aromatic carbocycles. The highest BCUT2D eigenvalue weighted by Gasteiger charge is 2.37. The molecule has 0 aromatic rings. The highest BCUT2D eigenvalue weighted by molar-refractivity contribution is 6.25. The van der Waals surface area contributed by atoms with Crippen LogP contribution in [0.4, 0.5) is 0 Å². The minimum absolute atomic E-state index is 0.670. The van der Waals surface area contributed by atoms with Gasteiger partial charge >= 0.3 is 0 Å². The number of halogens is 1. The zero-order chi connectivity index (χ0) is 10.7. The fourth-order valence-electron chi connectivity index (χ4n) is 2.50. The summed E-state index contributed by atoms with van der Waals surface area (Å²) in [5.74, 6) is 0.944. The maximum atomic E-state index is 5.61. The molecule has 86 valence electrons. The molecule has 15 heavy (non-hydrogen) atoms. The second kappa shape index (κ2) is 5.33. The summed E-state index contributed by atoms with van der Waals surface area (Å²) < 4.78 is 0. The van der Waals surface area contributed by atoms with Crippen LogP contribution in [0.5, 0.6) is 0 Å². The van der Waals surface area contributed by atoms with Gasteiger partial charge < -0.3 is 5.32 Å². The number of nitrogens with zero attached hydrogens (tertiary/aromatic N) is 1. The third-order valence-electron chi connectivity index (χ3n) is 3.63. The van der Waals surface area contributed by atoms with Gasteiger partial charge in [-0.05, 0) is 25.2 Å². The molecule has 1 saturated carbocycles. The van der Waals surface area contributed by atoms with Gasteiger partial charge in [-0.2, -0.15) is 0 Å². The van der Waals surface area contributed by atoms with Crippen LogP contribution in [0.25, 0.3) is 0 Å². The molecule has 2 fully saturated rings. The van der Waals surface area contributed by atoms with E-state index in [1.54, 1.807) is 5.54 Å². The van der Waals surface area contributed by atoms with Crippen LogP contribution in [0.2, 0.25) is 0 Å². The van der Waals surface area contributed by atoms with Crippen LogP contribution in [0.3, 0.4) is 0 Å². The van der Waals surface area contributed by atoms with Crippen molar-refractivity contribution < 1.29 is 0 Å². The summed E-state index contributed by atoms with van der Waals surface area (Å²) in [6.07, 6.45) is 6.13. The second-order valence-corrected chi connectivity index (χ2v) is 4.99. The van der Waals surface area contributed by atoms with Gasteiger partial charge in [0.15, 0.2) is 0 Å². The van der Waals surface area contributed by atoms with Crippen molar-refractivity contribution in [2.45, 2.75) is 38.3 Å². The summed E-state index contributed by atoms with van der Waals surface area (Å²) in [7, 11) is 0. The van der Waals surface area contributed by atoms with Crippen molar-refractivity contribution >= 4 is 11.6 Å². The Morgan fingerprint density at radius 1 is 1.47 bits per heavy atom. The standard InChI is InChI=1S/C12H21ClN2/c1-2-11-9-15(7-3-6-13)12(8-14-11)10-4-5-10/h3,6,10-12,14H,2,4-5,7-9H2,1H3/b6-3+. The normalized spacial score (nSPS) is 33.7. The largest absolute Gasteiger partial charge is 0.311 e. The molecule has 2 unspecified atom stereocenters. The summed E-state index contributed by atoms with van der Waals surface area (Å²) in [6, 6.07) is 1.42. The van der Waals surface area contributed by atoms with E-state index in [1.807, 2.05) is 0 Å². The van der Waals surface area contributed by atoms with Crippen LogP contribution >= 0.6 is 11.6 Å². The first-order chi connectivity index (χ1) is 7.35. The molecule has 0 spiro atoms. The van der Waals surface area contributed by atoms with E-state index in [-0.39, 0.29) is 0 Å². The van der Waals surface area contributed by atoms with E-state index in [0.717, 1.165) is 18.5 Å². The van der Waals surface area contributed by atoms with E-state index >= 15 is 0 Å². The van der Waals surface area contributed by atoms with Crippen LogP contribution in [0.15, 0.2) is 11.6 Å². The average Bonchev–Trinajstić information content (AvgIpc) is 3.09. The molecule has 2 atom stereocenters. The fraction of sp³-hybridized carbons (Fsp3) is 0.833. The van der Waals surface area contributed by atoms with Crippen molar-refractivity contribution in [3.63, 3.8) is 0 Å². The number of piperazine rings is 1. The van der Waals surface area contributed by atoms with E-state index in [4.69, 9.17) is 11.6 Å². The fourth-order valence-corrected chi connectivity index (χ4v) is 2.58. The minimum atomic E-state index is 0.670. The molecule has 2 rings (SSSR count). The van der Waals surface area contributed by atoms with Crippen LogP contribution in [-0.2, 0) is 0 Å². The number of nitrogens with one attached hydrogen (secondary N) is 1. The third kappa shape index (κ3) is 2.96. The Morgan fingerprint density at radius 3 is 2.87 bits per heavy atom. The second-order valence-electron chi connectivity index (χ2n) is 4.73. The van der Waals surface area contributed by atoms with E-state index in [0.29, 0.717) is 6.04 Å². The molecule has 0 bridgehead atoms. The van der Waals surface area contributed by atoms with Gasteiger partial charge in [-0.3, -0.25) is 4.90 Å². The summed E-state index contributed by atoms with van der Waals surface area (Å²) in [4.78, 5) is 2.60. The number of hydrogen-bond acceptors (Lipinski definition) is 2. The lowest BCUT2D eigenvalue weighted by atomic mass is 10.0. The molecular weight excluding hydrogens is 208 g/mol. The molecule has 0 radical (unpaired) electrons. The van der Waals surface area contributed by atoms with E-state index in [9.17, 15) is 0 Å². The van der Waals surface area contributed by atoms with Crippen molar-refractivity contribution in [3.8, 4) is 0 Å². The van der Waals surface area contributed by atoms with E-state index < -0.39 is 0 Å². The SMILES string of the molecule is CCC1CN(C/C=C/Cl)C(C2CC2)CN1. The predicted molar refractivity (Wildman–Crippen MR) is 65.2 cm³/mol. The molecular formula is C12H21ClN2. The van der Waals surface area contributed by atoms with Gasteiger partial charge in [0.25, 0.3) is 0 Å². The molecule has 2 aliphatic rings. The lowest BCUT2D eigenvalue weighted by Gasteiger charge is -2.40. The summed E-state index contributed by atoms with van der Waals surface area (Å²) >= 11 is 5.61. The Bertz CT molecular complexity index is 226. The minimum Gasteiger partial charge on any atom is -0.311 e. The Kier molecular flexibility index (Phi) is 4.06. The first kappa shape index (κ1) is 11.4. The van der Waals surface area contributed by atoms with Gasteiger partial charge in [0.1, 0.15) is 0 Å². The molecule has 1 aliphatic heterocycles. The quantitative estimate of drug-likeness (QED) is 0.794. The van der Waals surface area contributed by atoms with Gasteiger partial charge in [-0.25, -0.2) is 0 Å². The molecule has 1 saturated heterocycles. The molecule has 1 N–H and O–H groups in total. The first-order valence-electron chi connectivity index (χ1n) is 6.07. The van der Waals surface area contributed by atoms with E-state index in [2.05, 4.69) is 23.2 Å². The lowest BCUT2D eigenvalue weighted by Crippen LogP contribution is -2.57. The van der Waals surface area contributed by atoms with Gasteiger partial charge in [0.05, 0.1) is 0 Å². The first-order valence-corrected chi connectivity index (χ1v) is 6.51. The predicted octanol–water partition coefficient (Wildman–Crippen LogP) is 2.20. The highest BCUT2D eigenvalue weighted by atomic mass is 35.5. The van der Waals surface area contributed by atoms with Crippen LogP contribution in [-0.4, -0.2) is 36.6 Å². The number of hydrogen-bond donors (Lipinski definition) is 1. The number of rotatable bonds is 4. The molecule has 1 heterocycles. The Hall–Kier alpha value is -0.0500. The van der Waals surface area contributed by atoms with Crippen LogP contribution in [0, 0.1) is 5.92 Å². The lowest BCUT2D eigenvalue weighted by molar-refractivity contribution is 0.127. The van der Waals surface area contributed by atoms with Crippen molar-refractivity contribution in [1.29, 1.82) is 0 Å². The zero-order valence-electron chi connectivity index (χ0n) is 9.45. The van der Waals surface area contributed by atoms with Crippen molar-refractivity contribution in [3.05, 3.63) is 11.6 Å². The summed E-state index contributed by atoms with van der Waals surface area (Å²) in [5.41, 5.74) is 1.65. The Morgan fingerprint density at radius 2 is 2.27 bits per heavy atom. The Labute approximate surface area is 97.7 Å². The van der Waals surface area contributed by atoms with Gasteiger partial charge in [-0.1, -0.05) is 24.6 Å². The molecule has 2 nitrogen and oxygen atoms in total. The van der Waals surface area contributed by atoms with E-state index in [1.165, 1.54) is 32.4 Å². The molecule has 1 aliphatic carbocycles. The summed E-state index contributed by atoms with van der Waals surface area (Å²) in [6.45, 7) is 5.62. The van der Waals surface area contributed by atoms with Gasteiger partial charge in [0.2, 0.25) is 0 Å². The monoisotopic (exact) mass is 228 g/mol. The van der Waals surface area contributed by atoms with Gasteiger partial charge in [0, 0.05) is 37.3 Å². The zero-order valence-corrected chi connectivity index (χ0v) is 10.2. The smallest absolute Gasteiger partial charge is 0.0252 e. The highest BCUT2D eigenvalue weighted by Crippen LogP contribution is 2.36. The van der Waals surface area contributed by atoms with Gasteiger partial charge in [-0.15, -0.1) is 0 Å². The van der Waals surface area contributed by atoms with Crippen LogP contribution < -0.4 is 5.32 Å². The van der Waals surface area contributed by atoms with Crippen molar-refractivity contribution in [2.24, 2.45) is 5.92 Å². The third-order valence-corrected chi connectivity index (χ3v) is 3.81.